The molecular formula is C90H72Br7N5O11. The number of fused-ring (bicyclic) bond motifs is 5. The van der Waals surface area contributed by atoms with Gasteiger partial charge in [-0.3, -0.25) is 24.9 Å². The first-order chi connectivity index (χ1) is 54.7. The summed E-state index contributed by atoms with van der Waals surface area (Å²) in [7, 11) is 4.65. The standard InChI is InChI=1S/C20H18BrNO3.C19H16BrNO3.C18H14BrNO3.C17H13Br2NO.C16H11Br2NO/c1-3-25-20(23)16-11-17(21)15-10-14(9-13-7-5-4-6-8-13)12-22-18(15)19(16)24-2;1-2-24-19(23)15-10-16(20)14-9-13(11-21-17(14)18(15)22)8-12-6-4-3-5-7-12;1-23-17-14(18(21)22)9-15(19)13-8-12(10-20-16(13)17)7-11-5-3-2-4-6-11;1-21-17-15(19)9-14(18)13-8-12(10-20-16(13)17)7-11-5-3-2-4-6-11;17-13-8-14(18)16(20)15-12(13)7-11(9-19-15)6-10-4-2-1-3-5-10/h4-8,10-12H,3,9H2,1-2H3;3-7,9-11,22H,2,8H2,1H3;2-6,8-10H,7H2,1H3,(H,21,22);2-6,8-10H,7H2,1H3;1-5,7-9,20H,6H2. The molecule has 23 heteroatoms. The molecule has 10 aromatic carbocycles. The number of rotatable bonds is 18. The van der Waals surface area contributed by atoms with Crippen molar-refractivity contribution in [1.29, 1.82) is 0 Å². The normalized spacial score (nSPS) is 10.8. The molecule has 3 N–H and O–H groups in total. The molecule has 0 aliphatic rings. The summed E-state index contributed by atoms with van der Waals surface area (Å²) >= 11 is 24.4. The quantitative estimate of drug-likeness (QED) is 0.0680. The Hall–Kier alpha value is -9.98. The molecule has 0 aliphatic carbocycles. The first-order valence-corrected chi connectivity index (χ1v) is 40.9. The number of carboxylic acid groups (broad SMARTS) is 1. The Bertz CT molecular complexity index is 5920. The van der Waals surface area contributed by atoms with Crippen molar-refractivity contribution >= 4 is 184 Å². The minimum absolute atomic E-state index is 0.0928. The molecule has 0 unspecified atom stereocenters. The van der Waals surface area contributed by atoms with Crippen molar-refractivity contribution in [2.75, 3.05) is 34.5 Å². The van der Waals surface area contributed by atoms with E-state index in [1.165, 1.54) is 47.6 Å². The first kappa shape index (κ1) is 83.9. The van der Waals surface area contributed by atoms with Crippen molar-refractivity contribution in [3.63, 3.8) is 0 Å². The van der Waals surface area contributed by atoms with Gasteiger partial charge in [-0.15, -0.1) is 0 Å². The van der Waals surface area contributed by atoms with E-state index in [4.69, 9.17) is 23.7 Å². The van der Waals surface area contributed by atoms with Crippen LogP contribution in [0.3, 0.4) is 0 Å². The largest absolute Gasteiger partial charge is 0.505 e. The smallest absolute Gasteiger partial charge is 0.342 e. The third kappa shape index (κ3) is 21.3. The van der Waals surface area contributed by atoms with Crippen LogP contribution in [0.1, 0.15) is 101 Å². The Balaban J connectivity index is 0.000000140. The number of aromatic hydroxyl groups is 2. The molecule has 0 spiro atoms. The molecule has 0 radical (unpaired) electrons. The topological polar surface area (TPSA) is 222 Å². The number of aromatic carboxylic acids is 1. The van der Waals surface area contributed by atoms with Crippen molar-refractivity contribution in [2.45, 2.75) is 46.0 Å². The maximum atomic E-state index is 12.2. The average Bonchev–Trinajstić information content (AvgIpc) is 0.809. The van der Waals surface area contributed by atoms with Gasteiger partial charge in [0, 0.05) is 80.3 Å². The SMILES string of the molecule is CCOC(=O)c1cc(Br)c2cc(Cc3ccccc3)cnc2c1O.CCOC(=O)c1cc(Br)c2cc(Cc3ccccc3)cnc2c1OC.COc1c(Br)cc(Br)c2cc(Cc3ccccc3)cnc12.COc1c(C(=O)O)cc(Br)c2cc(Cc3ccccc3)cnc12.Oc1c(Br)cc(Br)c2cc(Cc3ccccc3)cnc12. The molecule has 0 bridgehead atoms. The number of esters is 2. The van der Waals surface area contributed by atoms with E-state index in [9.17, 15) is 29.7 Å². The average molecular weight is 1960 g/mol. The van der Waals surface area contributed by atoms with Crippen LogP contribution in [0.25, 0.3) is 54.5 Å². The van der Waals surface area contributed by atoms with Crippen LogP contribution in [0.5, 0.6) is 28.7 Å². The molecule has 0 atom stereocenters. The van der Waals surface area contributed by atoms with Gasteiger partial charge in [0.25, 0.3) is 0 Å². The number of hydrogen-bond acceptors (Lipinski definition) is 15. The third-order valence-electron chi connectivity index (χ3n) is 17.7. The number of nitrogens with zero attached hydrogens (tertiary/aromatic N) is 5. The van der Waals surface area contributed by atoms with Gasteiger partial charge in [0.2, 0.25) is 0 Å². The van der Waals surface area contributed by atoms with Crippen molar-refractivity contribution < 1.29 is 53.4 Å². The van der Waals surface area contributed by atoms with Gasteiger partial charge in [-0.2, -0.15) is 0 Å². The molecule has 15 rings (SSSR count). The highest BCUT2D eigenvalue weighted by Crippen LogP contribution is 2.42. The molecular weight excluding hydrogens is 1890 g/mol. The van der Waals surface area contributed by atoms with Crippen molar-refractivity contribution in [2.24, 2.45) is 0 Å². The zero-order valence-corrected chi connectivity index (χ0v) is 72.6. The fourth-order valence-corrected chi connectivity index (χ4v) is 16.7. The lowest BCUT2D eigenvalue weighted by Crippen LogP contribution is -2.08. The minimum atomic E-state index is -1.04. The van der Waals surface area contributed by atoms with Crippen LogP contribution >= 0.6 is 112 Å². The molecule has 16 nitrogen and oxygen atoms in total. The predicted molar refractivity (Wildman–Crippen MR) is 471 cm³/mol. The number of halogens is 7. The number of methoxy groups -OCH3 is 3. The lowest BCUT2D eigenvalue weighted by Gasteiger charge is -2.13. The zero-order valence-electron chi connectivity index (χ0n) is 61.5. The Morgan fingerprint density at radius 3 is 0.876 bits per heavy atom. The number of phenolic OH excluding ortho intramolecular Hbond substituents is 2. The van der Waals surface area contributed by atoms with Gasteiger partial charge in [0.05, 0.1) is 43.5 Å². The fourth-order valence-electron chi connectivity index (χ4n) is 12.4. The second-order valence-corrected chi connectivity index (χ2v) is 31.4. The van der Waals surface area contributed by atoms with Crippen LogP contribution in [0.15, 0.2) is 275 Å². The number of carbonyl (C=O) groups excluding carboxylic acids is 2. The summed E-state index contributed by atoms with van der Waals surface area (Å²) in [5, 5.41) is 34.2. The second kappa shape index (κ2) is 40.2. The second-order valence-electron chi connectivity index (χ2n) is 25.5. The number of phenols is 2. The van der Waals surface area contributed by atoms with Crippen LogP contribution in [-0.2, 0) is 41.6 Å². The highest BCUT2D eigenvalue weighted by molar-refractivity contribution is 9.12. The molecule has 572 valence electrons. The zero-order chi connectivity index (χ0) is 80.2. The number of pyridine rings is 5. The summed E-state index contributed by atoms with van der Waals surface area (Å²) < 4.78 is 31.9. The van der Waals surface area contributed by atoms with Crippen LogP contribution in [0.4, 0.5) is 0 Å². The highest BCUT2D eigenvalue weighted by Gasteiger charge is 2.23. The monoisotopic (exact) mass is 1950 g/mol. The van der Waals surface area contributed by atoms with E-state index in [1.807, 2.05) is 122 Å². The molecule has 15 aromatic rings. The molecule has 0 amide bonds. The maximum Gasteiger partial charge on any atom is 0.342 e. The van der Waals surface area contributed by atoms with E-state index in [1.54, 1.807) is 51.6 Å². The van der Waals surface area contributed by atoms with E-state index in [-0.39, 0.29) is 35.0 Å². The van der Waals surface area contributed by atoms with Crippen molar-refractivity contribution in [3.05, 3.63) is 347 Å². The van der Waals surface area contributed by atoms with Crippen molar-refractivity contribution in [1.82, 2.24) is 24.9 Å². The molecule has 5 aromatic heterocycles. The number of ether oxygens (including phenoxy) is 5. The number of aromatic nitrogens is 5. The fraction of sp³-hybridized carbons (Fsp3) is 0.133. The molecule has 0 saturated heterocycles. The lowest BCUT2D eigenvalue weighted by atomic mass is 10.0. The van der Waals surface area contributed by atoms with Crippen molar-refractivity contribution in [3.8, 4) is 28.7 Å². The van der Waals surface area contributed by atoms with Crippen LogP contribution in [0, 0.1) is 0 Å². The Morgan fingerprint density at radius 2 is 0.558 bits per heavy atom. The van der Waals surface area contributed by atoms with E-state index in [0.717, 1.165) is 110 Å². The van der Waals surface area contributed by atoms with E-state index in [0.29, 0.717) is 53.4 Å². The summed E-state index contributed by atoms with van der Waals surface area (Å²) in [6.45, 7) is 4.05. The summed E-state index contributed by atoms with van der Waals surface area (Å²) in [4.78, 5) is 57.8. The van der Waals surface area contributed by atoms with Gasteiger partial charge in [-0.1, -0.05) is 231 Å². The van der Waals surface area contributed by atoms with E-state index < -0.39 is 17.9 Å². The Morgan fingerprint density at radius 1 is 0.301 bits per heavy atom. The number of carbonyl (C=O) groups is 3. The van der Waals surface area contributed by atoms with E-state index in [2.05, 4.69) is 227 Å². The third-order valence-corrected chi connectivity index (χ3v) is 22.2. The Labute approximate surface area is 711 Å². The van der Waals surface area contributed by atoms with Crippen LogP contribution < -0.4 is 14.2 Å². The van der Waals surface area contributed by atoms with Crippen LogP contribution in [-0.4, -0.2) is 92.7 Å². The minimum Gasteiger partial charge on any atom is -0.505 e. The molecule has 0 fully saturated rings. The molecule has 0 aliphatic heterocycles. The first-order valence-electron chi connectivity index (χ1n) is 35.3. The van der Waals surface area contributed by atoms with Gasteiger partial charge in [0.15, 0.2) is 28.7 Å². The number of carboxylic acids is 1. The molecule has 0 saturated carbocycles. The van der Waals surface area contributed by atoms with E-state index >= 15 is 0 Å². The van der Waals surface area contributed by atoms with Gasteiger partial charge in [-0.25, -0.2) is 14.4 Å². The number of benzene rings is 10. The summed E-state index contributed by atoms with van der Waals surface area (Å²) in [5.41, 5.74) is 15.2. The molecule has 5 heterocycles. The Kier molecular flexibility index (Phi) is 29.8. The maximum absolute atomic E-state index is 12.2. The van der Waals surface area contributed by atoms with Gasteiger partial charge >= 0.3 is 17.9 Å². The summed E-state index contributed by atoms with van der Waals surface area (Å²) in [6, 6.07) is 70.0. The molecule has 113 heavy (non-hydrogen) atoms. The highest BCUT2D eigenvalue weighted by atomic mass is 79.9. The lowest BCUT2D eigenvalue weighted by molar-refractivity contribution is 0.0513. The predicted octanol–water partition coefficient (Wildman–Crippen LogP) is 24.0. The van der Waals surface area contributed by atoms with Gasteiger partial charge in [-0.05, 0) is 194 Å². The van der Waals surface area contributed by atoms with Gasteiger partial charge in [0.1, 0.15) is 44.3 Å². The van der Waals surface area contributed by atoms with Gasteiger partial charge < -0.3 is 39.0 Å². The number of hydrogen-bond donors (Lipinski definition) is 3. The van der Waals surface area contributed by atoms with Crippen LogP contribution in [0.2, 0.25) is 0 Å². The summed E-state index contributed by atoms with van der Waals surface area (Å²) in [5.74, 6) is -0.527. The summed E-state index contributed by atoms with van der Waals surface area (Å²) in [6.07, 6.45) is 13.0.